The SMILES string of the molecule is CN(C)c1ccc(-c2nc3ccccc3c3ccc4ccccc4c23)cc1. The first-order chi connectivity index (χ1) is 13.2. The Hall–Kier alpha value is -3.39. The highest BCUT2D eigenvalue weighted by molar-refractivity contribution is 6.21. The van der Waals surface area contributed by atoms with Crippen molar-refractivity contribution in [2.45, 2.75) is 0 Å². The van der Waals surface area contributed by atoms with Crippen LogP contribution in [0.2, 0.25) is 0 Å². The summed E-state index contributed by atoms with van der Waals surface area (Å²) < 4.78 is 0. The molecular formula is C25H20N2. The van der Waals surface area contributed by atoms with Crippen LogP contribution in [0.25, 0.3) is 43.7 Å². The molecule has 0 unspecified atom stereocenters. The Balaban J connectivity index is 1.92. The normalized spacial score (nSPS) is 11.3. The zero-order valence-corrected chi connectivity index (χ0v) is 15.5. The molecule has 130 valence electrons. The number of anilines is 1. The highest BCUT2D eigenvalue weighted by atomic mass is 15.1. The Morgan fingerprint density at radius 2 is 1.33 bits per heavy atom. The number of nitrogens with zero attached hydrogens (tertiary/aromatic N) is 2. The number of aromatic nitrogens is 1. The Labute approximate surface area is 158 Å². The van der Waals surface area contributed by atoms with E-state index in [0.717, 1.165) is 16.8 Å². The van der Waals surface area contributed by atoms with Crippen LogP contribution in [0.15, 0.2) is 84.9 Å². The molecule has 2 nitrogen and oxygen atoms in total. The van der Waals surface area contributed by atoms with Crippen molar-refractivity contribution >= 4 is 38.1 Å². The molecule has 0 aliphatic carbocycles. The third kappa shape index (κ3) is 2.53. The van der Waals surface area contributed by atoms with Gasteiger partial charge in [-0.25, -0.2) is 4.98 Å². The number of rotatable bonds is 2. The van der Waals surface area contributed by atoms with Gasteiger partial charge in [-0.1, -0.05) is 66.7 Å². The second-order valence-electron chi connectivity index (χ2n) is 7.13. The molecule has 0 atom stereocenters. The third-order valence-electron chi connectivity index (χ3n) is 5.25. The maximum absolute atomic E-state index is 5.08. The summed E-state index contributed by atoms with van der Waals surface area (Å²) in [5, 5.41) is 6.18. The van der Waals surface area contributed by atoms with Crippen molar-refractivity contribution in [3.63, 3.8) is 0 Å². The van der Waals surface area contributed by atoms with E-state index in [4.69, 9.17) is 4.98 Å². The van der Waals surface area contributed by atoms with Crippen LogP contribution in [0.5, 0.6) is 0 Å². The van der Waals surface area contributed by atoms with Gasteiger partial charge in [-0.3, -0.25) is 0 Å². The van der Waals surface area contributed by atoms with Crippen LogP contribution in [0.1, 0.15) is 0 Å². The van der Waals surface area contributed by atoms with Crippen LogP contribution in [-0.4, -0.2) is 19.1 Å². The van der Waals surface area contributed by atoms with Crippen molar-refractivity contribution in [2.75, 3.05) is 19.0 Å². The van der Waals surface area contributed by atoms with Gasteiger partial charge in [-0.15, -0.1) is 0 Å². The topological polar surface area (TPSA) is 16.1 Å². The number of para-hydroxylation sites is 1. The van der Waals surface area contributed by atoms with Crippen molar-refractivity contribution in [3.8, 4) is 11.3 Å². The predicted octanol–water partition coefficient (Wildman–Crippen LogP) is 6.27. The first-order valence-electron chi connectivity index (χ1n) is 9.20. The van der Waals surface area contributed by atoms with E-state index in [1.807, 2.05) is 0 Å². The number of benzene rings is 4. The van der Waals surface area contributed by atoms with Gasteiger partial charge < -0.3 is 4.90 Å². The van der Waals surface area contributed by atoms with Crippen LogP contribution in [0.3, 0.4) is 0 Å². The highest BCUT2D eigenvalue weighted by Crippen LogP contribution is 2.37. The van der Waals surface area contributed by atoms with E-state index in [1.54, 1.807) is 0 Å². The van der Waals surface area contributed by atoms with Crippen molar-refractivity contribution in [2.24, 2.45) is 0 Å². The van der Waals surface area contributed by atoms with Gasteiger partial charge in [0, 0.05) is 36.1 Å². The monoisotopic (exact) mass is 348 g/mol. The van der Waals surface area contributed by atoms with Crippen LogP contribution in [0.4, 0.5) is 5.69 Å². The summed E-state index contributed by atoms with van der Waals surface area (Å²) in [5.41, 5.74) is 4.42. The van der Waals surface area contributed by atoms with Crippen LogP contribution in [0, 0.1) is 0 Å². The number of hydrogen-bond donors (Lipinski definition) is 0. The minimum Gasteiger partial charge on any atom is -0.378 e. The van der Waals surface area contributed by atoms with Gasteiger partial charge in [0.15, 0.2) is 0 Å². The van der Waals surface area contributed by atoms with E-state index in [-0.39, 0.29) is 0 Å². The minimum atomic E-state index is 1.03. The molecule has 4 aromatic carbocycles. The summed E-state index contributed by atoms with van der Waals surface area (Å²) in [6.07, 6.45) is 0. The summed E-state index contributed by atoms with van der Waals surface area (Å²) in [6, 6.07) is 30.1. The molecule has 0 saturated carbocycles. The van der Waals surface area contributed by atoms with Crippen LogP contribution >= 0.6 is 0 Å². The fraction of sp³-hybridized carbons (Fsp3) is 0.0800. The molecule has 0 fully saturated rings. The molecule has 2 heteroatoms. The van der Waals surface area contributed by atoms with E-state index in [0.29, 0.717) is 0 Å². The Kier molecular flexibility index (Phi) is 3.58. The van der Waals surface area contributed by atoms with Crippen molar-refractivity contribution in [1.82, 2.24) is 4.98 Å². The Bertz CT molecular complexity index is 1280. The van der Waals surface area contributed by atoms with Crippen molar-refractivity contribution in [1.29, 1.82) is 0 Å². The largest absolute Gasteiger partial charge is 0.378 e. The van der Waals surface area contributed by atoms with Crippen LogP contribution < -0.4 is 4.90 Å². The Morgan fingerprint density at radius 1 is 0.630 bits per heavy atom. The van der Waals surface area contributed by atoms with Gasteiger partial charge in [0.2, 0.25) is 0 Å². The standard InChI is InChI=1S/C25H20N2/c1-27(2)19-14-11-18(12-15-19)25-24-20-8-4-3-7-17(20)13-16-22(24)21-9-5-6-10-23(21)26-25/h3-16H,1-2H3. The van der Waals surface area contributed by atoms with E-state index < -0.39 is 0 Å². The first kappa shape index (κ1) is 15.8. The third-order valence-corrected chi connectivity index (χ3v) is 5.25. The van der Waals surface area contributed by atoms with Gasteiger partial charge >= 0.3 is 0 Å². The van der Waals surface area contributed by atoms with Gasteiger partial charge in [-0.2, -0.15) is 0 Å². The molecule has 5 rings (SSSR count). The average molecular weight is 348 g/mol. The first-order valence-corrected chi connectivity index (χ1v) is 9.20. The molecular weight excluding hydrogens is 328 g/mol. The molecule has 27 heavy (non-hydrogen) atoms. The van der Waals surface area contributed by atoms with Crippen molar-refractivity contribution < 1.29 is 0 Å². The van der Waals surface area contributed by atoms with Crippen molar-refractivity contribution in [3.05, 3.63) is 84.9 Å². The highest BCUT2D eigenvalue weighted by Gasteiger charge is 2.13. The number of pyridine rings is 1. The lowest BCUT2D eigenvalue weighted by molar-refractivity contribution is 1.13. The fourth-order valence-corrected chi connectivity index (χ4v) is 3.85. The lowest BCUT2D eigenvalue weighted by Gasteiger charge is -2.15. The van der Waals surface area contributed by atoms with E-state index in [1.165, 1.54) is 32.6 Å². The molecule has 0 spiro atoms. The fourth-order valence-electron chi connectivity index (χ4n) is 3.85. The van der Waals surface area contributed by atoms with E-state index in [2.05, 4.69) is 104 Å². The molecule has 0 bridgehead atoms. The molecule has 0 amide bonds. The maximum atomic E-state index is 5.08. The quantitative estimate of drug-likeness (QED) is 0.349. The summed E-state index contributed by atoms with van der Waals surface area (Å²) in [5.74, 6) is 0. The average Bonchev–Trinajstić information content (AvgIpc) is 2.73. The smallest absolute Gasteiger partial charge is 0.0794 e. The zero-order chi connectivity index (χ0) is 18.4. The lowest BCUT2D eigenvalue weighted by atomic mass is 9.95. The molecule has 0 aliphatic heterocycles. The molecule has 1 aromatic heterocycles. The summed E-state index contributed by atoms with van der Waals surface area (Å²) in [6.45, 7) is 0. The zero-order valence-electron chi connectivity index (χ0n) is 15.5. The summed E-state index contributed by atoms with van der Waals surface area (Å²) >= 11 is 0. The lowest BCUT2D eigenvalue weighted by Crippen LogP contribution is -2.07. The summed E-state index contributed by atoms with van der Waals surface area (Å²) in [7, 11) is 4.12. The second kappa shape index (κ2) is 6.10. The van der Waals surface area contributed by atoms with Gasteiger partial charge in [0.1, 0.15) is 0 Å². The van der Waals surface area contributed by atoms with Gasteiger partial charge in [0.05, 0.1) is 11.2 Å². The van der Waals surface area contributed by atoms with Gasteiger partial charge in [-0.05, 0) is 34.4 Å². The van der Waals surface area contributed by atoms with Gasteiger partial charge in [0.25, 0.3) is 0 Å². The number of fused-ring (bicyclic) bond motifs is 5. The molecule has 5 aromatic rings. The minimum absolute atomic E-state index is 1.03. The predicted molar refractivity (Wildman–Crippen MR) is 117 cm³/mol. The van der Waals surface area contributed by atoms with E-state index in [9.17, 15) is 0 Å². The molecule has 1 heterocycles. The Morgan fingerprint density at radius 3 is 2.11 bits per heavy atom. The van der Waals surface area contributed by atoms with Crippen LogP contribution in [-0.2, 0) is 0 Å². The molecule has 0 saturated heterocycles. The summed E-state index contributed by atoms with van der Waals surface area (Å²) in [4.78, 5) is 7.20. The van der Waals surface area contributed by atoms with E-state index >= 15 is 0 Å². The second-order valence-corrected chi connectivity index (χ2v) is 7.13. The molecule has 0 aliphatic rings. The maximum Gasteiger partial charge on any atom is 0.0794 e. The molecule has 0 radical (unpaired) electrons. The number of hydrogen-bond acceptors (Lipinski definition) is 2. The molecule has 0 N–H and O–H groups in total.